The predicted molar refractivity (Wildman–Crippen MR) is 265 cm³/mol. The maximum atomic E-state index is 12.8. The molecule has 0 spiro atoms. The molecule has 352 valence electrons. The highest BCUT2D eigenvalue weighted by molar-refractivity contribution is 5.71. The van der Waals surface area contributed by atoms with E-state index in [0.29, 0.717) is 19.3 Å². The van der Waals surface area contributed by atoms with Crippen LogP contribution in [0.3, 0.4) is 0 Å². The van der Waals surface area contributed by atoms with Crippen molar-refractivity contribution in [3.8, 4) is 0 Å². The Morgan fingerprint density at radius 1 is 0.339 bits per heavy atom. The van der Waals surface area contributed by atoms with Crippen LogP contribution in [0, 0.1) is 0 Å². The quantitative estimate of drug-likeness (QED) is 0.0263. The zero-order chi connectivity index (χ0) is 45.1. The van der Waals surface area contributed by atoms with E-state index >= 15 is 0 Å². The molecule has 0 heterocycles. The minimum absolute atomic E-state index is 0.106. The van der Waals surface area contributed by atoms with Crippen molar-refractivity contribution in [1.29, 1.82) is 0 Å². The highest BCUT2D eigenvalue weighted by Crippen LogP contribution is 2.12. The van der Waals surface area contributed by atoms with Crippen molar-refractivity contribution in [2.45, 2.75) is 226 Å². The molecule has 0 rings (SSSR count). The van der Waals surface area contributed by atoms with Gasteiger partial charge in [-0.1, -0.05) is 189 Å². The Bertz CT molecular complexity index is 1260. The largest absolute Gasteiger partial charge is 0.462 e. The first-order chi connectivity index (χ1) is 30.5. The van der Waals surface area contributed by atoms with Gasteiger partial charge in [-0.15, -0.1) is 0 Å². The van der Waals surface area contributed by atoms with Gasteiger partial charge < -0.3 is 14.2 Å². The van der Waals surface area contributed by atoms with Gasteiger partial charge in [-0.05, 0) is 109 Å². The second-order valence-electron chi connectivity index (χ2n) is 16.3. The van der Waals surface area contributed by atoms with Gasteiger partial charge in [-0.25, -0.2) is 0 Å². The van der Waals surface area contributed by atoms with Crippen LogP contribution in [0.25, 0.3) is 0 Å². The van der Waals surface area contributed by atoms with Crippen molar-refractivity contribution in [1.82, 2.24) is 0 Å². The Morgan fingerprint density at radius 2 is 0.661 bits per heavy atom. The van der Waals surface area contributed by atoms with Crippen LogP contribution in [0.5, 0.6) is 0 Å². The zero-order valence-corrected chi connectivity index (χ0v) is 40.1. The number of carbonyl (C=O) groups is 3. The summed E-state index contributed by atoms with van der Waals surface area (Å²) >= 11 is 0. The molecular weight excluding hydrogens is 769 g/mol. The highest BCUT2D eigenvalue weighted by atomic mass is 16.6. The lowest BCUT2D eigenvalue weighted by Gasteiger charge is -2.18. The molecule has 62 heavy (non-hydrogen) atoms. The number of hydrogen-bond acceptors (Lipinski definition) is 6. The Balaban J connectivity index is 4.52. The van der Waals surface area contributed by atoms with Crippen molar-refractivity contribution < 1.29 is 28.6 Å². The van der Waals surface area contributed by atoms with Crippen LogP contribution in [0.1, 0.15) is 220 Å². The number of carbonyl (C=O) groups excluding carboxylic acids is 3. The lowest BCUT2D eigenvalue weighted by Crippen LogP contribution is -2.30. The van der Waals surface area contributed by atoms with Gasteiger partial charge in [0.2, 0.25) is 0 Å². The van der Waals surface area contributed by atoms with Crippen LogP contribution < -0.4 is 0 Å². The van der Waals surface area contributed by atoms with Crippen LogP contribution in [-0.4, -0.2) is 37.2 Å². The third-order valence-electron chi connectivity index (χ3n) is 10.3. The van der Waals surface area contributed by atoms with Crippen LogP contribution >= 0.6 is 0 Å². The Hall–Kier alpha value is -3.67. The summed E-state index contributed by atoms with van der Waals surface area (Å²) in [6, 6.07) is 0. The fourth-order valence-electron chi connectivity index (χ4n) is 6.49. The Morgan fingerprint density at radius 3 is 1.11 bits per heavy atom. The van der Waals surface area contributed by atoms with Gasteiger partial charge in [0.25, 0.3) is 0 Å². The molecule has 6 nitrogen and oxygen atoms in total. The molecule has 0 bridgehead atoms. The second-order valence-corrected chi connectivity index (χ2v) is 16.3. The van der Waals surface area contributed by atoms with Gasteiger partial charge in [-0.2, -0.15) is 0 Å². The monoisotopic (exact) mass is 861 g/mol. The third kappa shape index (κ3) is 47.4. The lowest BCUT2D eigenvalue weighted by atomic mass is 10.1. The van der Waals surface area contributed by atoms with Gasteiger partial charge in [0.05, 0.1) is 0 Å². The van der Waals surface area contributed by atoms with E-state index in [1.54, 1.807) is 0 Å². The minimum atomic E-state index is -0.811. The molecule has 1 atom stereocenters. The molecule has 0 fully saturated rings. The molecule has 0 aliphatic rings. The number of ether oxygens (including phenoxy) is 3. The number of esters is 3. The first-order valence-corrected chi connectivity index (χ1v) is 25.2. The van der Waals surface area contributed by atoms with E-state index in [1.807, 2.05) is 0 Å². The summed E-state index contributed by atoms with van der Waals surface area (Å²) in [5, 5.41) is 0. The van der Waals surface area contributed by atoms with E-state index in [9.17, 15) is 14.4 Å². The Kier molecular flexibility index (Phi) is 47.0. The van der Waals surface area contributed by atoms with Crippen molar-refractivity contribution in [2.24, 2.45) is 0 Å². The third-order valence-corrected chi connectivity index (χ3v) is 10.3. The van der Waals surface area contributed by atoms with E-state index < -0.39 is 6.10 Å². The van der Waals surface area contributed by atoms with Gasteiger partial charge in [0.15, 0.2) is 6.10 Å². The number of rotatable bonds is 44. The van der Waals surface area contributed by atoms with E-state index in [0.717, 1.165) is 116 Å². The van der Waals surface area contributed by atoms with Crippen LogP contribution in [0.2, 0.25) is 0 Å². The molecule has 0 aromatic heterocycles. The van der Waals surface area contributed by atoms with E-state index in [-0.39, 0.29) is 37.5 Å². The highest BCUT2D eigenvalue weighted by Gasteiger charge is 2.19. The van der Waals surface area contributed by atoms with E-state index in [4.69, 9.17) is 14.2 Å². The first-order valence-electron chi connectivity index (χ1n) is 25.2. The number of unbranched alkanes of at least 4 members (excludes halogenated alkanes) is 17. The van der Waals surface area contributed by atoms with E-state index in [1.165, 1.54) is 57.8 Å². The smallest absolute Gasteiger partial charge is 0.306 e. The standard InChI is InChI=1S/C56H92O6/c1-4-7-10-13-16-19-22-25-27-28-29-32-34-37-40-43-46-49-55(58)61-52-53(51-60-54(57)48-45-42-39-36-33-30-24-21-18-15-12-9-6-3)62-56(59)50-47-44-41-38-35-31-26-23-20-17-14-11-8-5-2/h7,10,14,16-17,19,21,23-27,29,32,37,40,53H,4-6,8-9,11-13,15,18,20,22,28,30-31,33-36,38-39,41-52H2,1-3H3/b10-7-,17-14-,19-16-,24-21-,26-23-,27-25-,32-29-,40-37-. The van der Waals surface area contributed by atoms with Crippen LogP contribution in [0.15, 0.2) is 97.2 Å². The maximum absolute atomic E-state index is 12.8. The molecule has 0 saturated heterocycles. The van der Waals surface area contributed by atoms with Crippen molar-refractivity contribution in [3.05, 3.63) is 97.2 Å². The molecule has 0 aliphatic carbocycles. The molecule has 0 amide bonds. The summed E-state index contributed by atoms with van der Waals surface area (Å²) in [5.74, 6) is -0.994. The molecule has 0 saturated carbocycles. The van der Waals surface area contributed by atoms with Crippen molar-refractivity contribution >= 4 is 17.9 Å². The molecule has 0 aliphatic heterocycles. The van der Waals surface area contributed by atoms with E-state index in [2.05, 4.69) is 118 Å². The molecule has 1 unspecified atom stereocenters. The summed E-state index contributed by atoms with van der Waals surface area (Å²) in [4.78, 5) is 37.9. The minimum Gasteiger partial charge on any atom is -0.462 e. The van der Waals surface area contributed by atoms with Gasteiger partial charge >= 0.3 is 17.9 Å². The van der Waals surface area contributed by atoms with Crippen LogP contribution in [-0.2, 0) is 28.6 Å². The Labute approximate surface area is 381 Å². The predicted octanol–water partition coefficient (Wildman–Crippen LogP) is 16.6. The molecule has 6 heteroatoms. The lowest BCUT2D eigenvalue weighted by molar-refractivity contribution is -0.167. The molecule has 0 aromatic carbocycles. The fourth-order valence-corrected chi connectivity index (χ4v) is 6.49. The van der Waals surface area contributed by atoms with Crippen molar-refractivity contribution in [3.63, 3.8) is 0 Å². The van der Waals surface area contributed by atoms with Gasteiger partial charge in [0, 0.05) is 19.3 Å². The normalized spacial score (nSPS) is 12.9. The molecule has 0 aromatic rings. The molecule has 0 N–H and O–H groups in total. The number of allylic oxidation sites excluding steroid dienone is 16. The summed E-state index contributed by atoms with van der Waals surface area (Å²) in [7, 11) is 0. The average molecular weight is 861 g/mol. The summed E-state index contributed by atoms with van der Waals surface area (Å²) in [6.45, 7) is 6.38. The van der Waals surface area contributed by atoms with Gasteiger partial charge in [0.1, 0.15) is 13.2 Å². The summed E-state index contributed by atoms with van der Waals surface area (Å²) in [6.07, 6.45) is 65.3. The van der Waals surface area contributed by atoms with Crippen molar-refractivity contribution in [2.75, 3.05) is 13.2 Å². The fraction of sp³-hybridized carbons (Fsp3) is 0.661. The first kappa shape index (κ1) is 58.3. The number of hydrogen-bond donors (Lipinski definition) is 0. The molecular formula is C56H92O6. The topological polar surface area (TPSA) is 78.9 Å². The van der Waals surface area contributed by atoms with Gasteiger partial charge in [-0.3, -0.25) is 14.4 Å². The summed E-state index contributed by atoms with van der Waals surface area (Å²) < 4.78 is 16.7. The second kappa shape index (κ2) is 50.0. The average Bonchev–Trinajstić information content (AvgIpc) is 3.27. The molecule has 0 radical (unpaired) electrons. The maximum Gasteiger partial charge on any atom is 0.306 e. The SMILES string of the molecule is CC/C=C\C/C=C\C/C=C\C/C=C\C/C=C\CCCC(=O)OCC(COC(=O)CCCCCCC/C=C\CCCCCC)OC(=O)CCCCCCC/C=C\C/C=C\CCCC. The summed E-state index contributed by atoms with van der Waals surface area (Å²) in [5.41, 5.74) is 0. The zero-order valence-electron chi connectivity index (χ0n) is 40.1. The van der Waals surface area contributed by atoms with Crippen LogP contribution in [0.4, 0.5) is 0 Å².